The van der Waals surface area contributed by atoms with E-state index < -0.39 is 17.2 Å². The number of carboxylic acids is 1. The Labute approximate surface area is 93.1 Å². The van der Waals surface area contributed by atoms with Crippen LogP contribution in [-0.4, -0.2) is 17.6 Å². The summed E-state index contributed by atoms with van der Waals surface area (Å²) in [5.41, 5.74) is 10.3. The highest BCUT2D eigenvalue weighted by Crippen LogP contribution is 2.32. The zero-order chi connectivity index (χ0) is 12.3. The van der Waals surface area contributed by atoms with Gasteiger partial charge in [0.2, 0.25) is 0 Å². The van der Waals surface area contributed by atoms with Crippen molar-refractivity contribution in [2.45, 2.75) is 18.8 Å². The molecule has 88 valence electrons. The van der Waals surface area contributed by atoms with Gasteiger partial charge in [0.05, 0.1) is 5.41 Å². The van der Waals surface area contributed by atoms with Crippen LogP contribution in [0.1, 0.15) is 18.9 Å². The van der Waals surface area contributed by atoms with Gasteiger partial charge in [-0.25, -0.2) is 4.39 Å². The minimum Gasteiger partial charge on any atom is -0.481 e. The van der Waals surface area contributed by atoms with Crippen LogP contribution in [0.2, 0.25) is 0 Å². The van der Waals surface area contributed by atoms with E-state index in [1.165, 1.54) is 19.1 Å². The average Bonchev–Trinajstić information content (AvgIpc) is 2.21. The second kappa shape index (κ2) is 4.49. The number of carbonyl (C=O) groups is 1. The average molecular weight is 226 g/mol. The van der Waals surface area contributed by atoms with E-state index in [-0.39, 0.29) is 24.2 Å². The first-order valence-corrected chi connectivity index (χ1v) is 4.91. The van der Waals surface area contributed by atoms with Gasteiger partial charge in [0, 0.05) is 5.69 Å². The number of hydrogen-bond donors (Lipinski definition) is 3. The number of hydrogen-bond acceptors (Lipinski definition) is 3. The summed E-state index contributed by atoms with van der Waals surface area (Å²) >= 11 is 0. The lowest BCUT2D eigenvalue weighted by Crippen LogP contribution is -2.35. The van der Waals surface area contributed by atoms with E-state index >= 15 is 0 Å². The van der Waals surface area contributed by atoms with E-state index in [1.807, 2.05) is 0 Å². The third kappa shape index (κ3) is 2.14. The third-order valence-corrected chi connectivity index (χ3v) is 2.73. The molecule has 16 heavy (non-hydrogen) atoms. The van der Waals surface area contributed by atoms with Crippen molar-refractivity contribution < 1.29 is 14.3 Å². The Morgan fingerprint density at radius 2 is 2.19 bits per heavy atom. The van der Waals surface area contributed by atoms with Crippen molar-refractivity contribution in [3.63, 3.8) is 0 Å². The Morgan fingerprint density at radius 1 is 1.56 bits per heavy atom. The first kappa shape index (κ1) is 12.4. The zero-order valence-corrected chi connectivity index (χ0v) is 9.03. The monoisotopic (exact) mass is 226 g/mol. The van der Waals surface area contributed by atoms with Crippen molar-refractivity contribution in [3.05, 3.63) is 29.6 Å². The van der Waals surface area contributed by atoms with Crippen LogP contribution in [-0.2, 0) is 10.2 Å². The maximum Gasteiger partial charge on any atom is 0.313 e. The van der Waals surface area contributed by atoms with Crippen molar-refractivity contribution in [1.29, 1.82) is 0 Å². The fourth-order valence-electron chi connectivity index (χ4n) is 1.65. The second-order valence-electron chi connectivity index (χ2n) is 3.91. The number of aliphatic carboxylic acids is 1. The molecule has 1 atom stereocenters. The van der Waals surface area contributed by atoms with Crippen molar-refractivity contribution >= 4 is 11.7 Å². The van der Waals surface area contributed by atoms with Crippen molar-refractivity contribution in [2.75, 3.05) is 12.3 Å². The molecule has 5 N–H and O–H groups in total. The Bertz CT molecular complexity index is 409. The fourth-order valence-corrected chi connectivity index (χ4v) is 1.65. The summed E-state index contributed by atoms with van der Waals surface area (Å²) in [5, 5.41) is 9.20. The van der Waals surface area contributed by atoms with Crippen molar-refractivity contribution in [2.24, 2.45) is 5.73 Å². The van der Waals surface area contributed by atoms with Gasteiger partial charge in [-0.3, -0.25) is 4.79 Å². The number of rotatable bonds is 4. The largest absolute Gasteiger partial charge is 0.481 e. The van der Waals surface area contributed by atoms with Crippen LogP contribution in [0.3, 0.4) is 0 Å². The molecular weight excluding hydrogens is 211 g/mol. The lowest BCUT2D eigenvalue weighted by atomic mass is 9.78. The maximum atomic E-state index is 13.1. The van der Waals surface area contributed by atoms with Gasteiger partial charge in [-0.15, -0.1) is 0 Å². The van der Waals surface area contributed by atoms with Gasteiger partial charge in [-0.05, 0) is 43.7 Å². The predicted octanol–water partition coefficient (Wildman–Crippen LogP) is 1.10. The highest BCUT2D eigenvalue weighted by molar-refractivity contribution is 5.83. The molecule has 0 aliphatic heterocycles. The molecule has 0 spiro atoms. The van der Waals surface area contributed by atoms with E-state index in [9.17, 15) is 14.3 Å². The van der Waals surface area contributed by atoms with Gasteiger partial charge in [0.25, 0.3) is 0 Å². The number of halogens is 1. The quantitative estimate of drug-likeness (QED) is 0.670. The highest BCUT2D eigenvalue weighted by Gasteiger charge is 2.36. The molecule has 0 fully saturated rings. The van der Waals surface area contributed by atoms with Gasteiger partial charge >= 0.3 is 5.97 Å². The lowest BCUT2D eigenvalue weighted by Gasteiger charge is -2.26. The number of nitrogens with two attached hydrogens (primary N) is 2. The van der Waals surface area contributed by atoms with Gasteiger partial charge < -0.3 is 16.6 Å². The molecule has 0 aliphatic rings. The molecule has 0 aromatic heterocycles. The van der Waals surface area contributed by atoms with E-state index in [2.05, 4.69) is 0 Å². The van der Waals surface area contributed by atoms with Crippen molar-refractivity contribution in [1.82, 2.24) is 0 Å². The van der Waals surface area contributed by atoms with Crippen LogP contribution in [0.25, 0.3) is 0 Å². The fraction of sp³-hybridized carbons (Fsp3) is 0.364. The van der Waals surface area contributed by atoms with E-state index in [0.29, 0.717) is 0 Å². The minimum absolute atomic E-state index is 0.193. The summed E-state index contributed by atoms with van der Waals surface area (Å²) in [7, 11) is 0. The second-order valence-corrected chi connectivity index (χ2v) is 3.91. The van der Waals surface area contributed by atoms with Gasteiger partial charge in [-0.1, -0.05) is 0 Å². The van der Waals surface area contributed by atoms with Crippen LogP contribution < -0.4 is 11.5 Å². The Balaban J connectivity index is 3.31. The normalized spacial score (nSPS) is 14.4. The van der Waals surface area contributed by atoms with E-state index in [0.717, 1.165) is 6.07 Å². The lowest BCUT2D eigenvalue weighted by molar-refractivity contribution is -0.143. The molecular formula is C11H15FN2O2. The first-order chi connectivity index (χ1) is 7.41. The topological polar surface area (TPSA) is 89.3 Å². The summed E-state index contributed by atoms with van der Waals surface area (Å²) in [5.74, 6) is -1.57. The molecule has 0 saturated heterocycles. The molecule has 1 unspecified atom stereocenters. The predicted molar refractivity (Wildman–Crippen MR) is 59.5 cm³/mol. The molecule has 0 saturated carbocycles. The van der Waals surface area contributed by atoms with Crippen LogP contribution in [0.5, 0.6) is 0 Å². The molecule has 1 aromatic carbocycles. The number of benzene rings is 1. The molecule has 4 nitrogen and oxygen atoms in total. The molecule has 0 amide bonds. The highest BCUT2D eigenvalue weighted by atomic mass is 19.1. The van der Waals surface area contributed by atoms with Gasteiger partial charge in [-0.2, -0.15) is 0 Å². The Morgan fingerprint density at radius 3 is 2.69 bits per heavy atom. The first-order valence-electron chi connectivity index (χ1n) is 4.91. The summed E-state index contributed by atoms with van der Waals surface area (Å²) in [6.45, 7) is 1.69. The standard InChI is InChI=1S/C11H15FN2O2/c1-11(4-5-13,10(15)16)8-6-7(12)2-3-9(8)14/h2-3,6H,4-5,13-14H2,1H3,(H,15,16). The number of carboxylic acid groups (broad SMARTS) is 1. The summed E-state index contributed by atoms with van der Waals surface area (Å²) in [6.07, 6.45) is 0.204. The molecule has 5 heteroatoms. The molecule has 1 aromatic rings. The Hall–Kier alpha value is -1.62. The van der Waals surface area contributed by atoms with Crippen LogP contribution in [0.15, 0.2) is 18.2 Å². The third-order valence-electron chi connectivity index (χ3n) is 2.73. The molecule has 0 radical (unpaired) electrons. The molecule has 0 aliphatic carbocycles. The van der Waals surface area contributed by atoms with E-state index in [1.54, 1.807) is 0 Å². The van der Waals surface area contributed by atoms with Crippen molar-refractivity contribution in [3.8, 4) is 0 Å². The number of nitrogen functional groups attached to an aromatic ring is 1. The van der Waals surface area contributed by atoms with E-state index in [4.69, 9.17) is 11.5 Å². The molecule has 0 bridgehead atoms. The number of anilines is 1. The Kier molecular flexibility index (Phi) is 3.49. The smallest absolute Gasteiger partial charge is 0.313 e. The van der Waals surface area contributed by atoms with Crippen LogP contribution in [0, 0.1) is 5.82 Å². The van der Waals surface area contributed by atoms with Gasteiger partial charge in [0.15, 0.2) is 0 Å². The zero-order valence-electron chi connectivity index (χ0n) is 9.03. The minimum atomic E-state index is -1.25. The molecule has 0 heterocycles. The summed E-state index contributed by atoms with van der Waals surface area (Å²) in [6, 6.07) is 3.71. The summed E-state index contributed by atoms with van der Waals surface area (Å²) < 4.78 is 13.1. The SMILES string of the molecule is CC(CCN)(C(=O)O)c1cc(F)ccc1N. The van der Waals surface area contributed by atoms with Crippen LogP contribution >= 0.6 is 0 Å². The molecule has 1 rings (SSSR count). The van der Waals surface area contributed by atoms with Gasteiger partial charge in [0.1, 0.15) is 5.82 Å². The summed E-state index contributed by atoms with van der Waals surface area (Å²) in [4.78, 5) is 11.2. The van der Waals surface area contributed by atoms with Crippen LogP contribution in [0.4, 0.5) is 10.1 Å². The maximum absolute atomic E-state index is 13.1.